The number of nitrogens with zero attached hydrogens (tertiary/aromatic N) is 12. The molecule has 126 heavy (non-hydrogen) atoms. The molecule has 12 heterocycles. The van der Waals surface area contributed by atoms with Crippen LogP contribution < -0.4 is 14.7 Å². The summed E-state index contributed by atoms with van der Waals surface area (Å²) >= 11 is 0. The van der Waals surface area contributed by atoms with Crippen LogP contribution in [0, 0.1) is 56.4 Å². The van der Waals surface area contributed by atoms with Crippen molar-refractivity contribution in [1.29, 1.82) is 0 Å². The quantitative estimate of drug-likeness (QED) is 0.0977. The molecule has 0 saturated heterocycles. The molecule has 0 atom stereocenters. The van der Waals surface area contributed by atoms with Gasteiger partial charge in [-0.15, -0.1) is 87.8 Å². The second-order valence-electron chi connectivity index (χ2n) is 30.9. The van der Waals surface area contributed by atoms with Gasteiger partial charge < -0.3 is 57.6 Å². The van der Waals surface area contributed by atoms with Crippen molar-refractivity contribution >= 4 is 196 Å². The molecule has 12 nitrogen and oxygen atoms in total. The van der Waals surface area contributed by atoms with Gasteiger partial charge in [-0.05, 0) is 221 Å². The van der Waals surface area contributed by atoms with E-state index in [1.807, 2.05) is 217 Å². The summed E-state index contributed by atoms with van der Waals surface area (Å²) in [6.45, 7) is 6.02. The van der Waals surface area contributed by atoms with Gasteiger partial charge in [0.15, 0.2) is 0 Å². The molecule has 3 aliphatic rings. The van der Waals surface area contributed by atoms with Crippen LogP contribution >= 0.6 is 0 Å². The number of benzene rings is 15. The minimum Gasteiger partial charge on any atom is -0.510 e. The van der Waals surface area contributed by atoms with Gasteiger partial charge in [0.25, 0.3) is 0 Å². The van der Waals surface area contributed by atoms with Crippen LogP contribution in [0.2, 0.25) is 0 Å². The van der Waals surface area contributed by atoms with Crippen molar-refractivity contribution in [2.24, 2.45) is 0 Å². The van der Waals surface area contributed by atoms with Crippen molar-refractivity contribution in [2.75, 3.05) is 35.8 Å². The van der Waals surface area contributed by atoms with E-state index < -0.39 is 0 Å². The van der Waals surface area contributed by atoms with E-state index >= 15 is 0 Å². The number of rotatable bonds is 3. The van der Waals surface area contributed by atoms with Gasteiger partial charge in [0.05, 0.1) is 0 Å². The van der Waals surface area contributed by atoms with E-state index in [1.165, 1.54) is 130 Å². The third-order valence-corrected chi connectivity index (χ3v) is 23.4. The molecule has 0 aliphatic carbocycles. The largest absolute Gasteiger partial charge is 3.00 e. The van der Waals surface area contributed by atoms with Crippen molar-refractivity contribution in [3.8, 4) is 0 Å². The van der Waals surface area contributed by atoms with E-state index in [0.29, 0.717) is 0 Å². The average molecular weight is 2150 g/mol. The number of para-hydroxylation sites is 6. The van der Waals surface area contributed by atoms with Gasteiger partial charge in [-0.2, -0.15) is 111 Å². The first-order valence-electron chi connectivity index (χ1n) is 41.1. The van der Waals surface area contributed by atoms with Crippen LogP contribution in [0.1, 0.15) is 0 Å². The minimum absolute atomic E-state index is 0. The Morgan fingerprint density at radius 2 is 0.579 bits per heavy atom. The average Bonchev–Trinajstić information content (AvgIpc) is 1.49. The van der Waals surface area contributed by atoms with Crippen molar-refractivity contribution in [3.63, 3.8) is 0 Å². The summed E-state index contributed by atoms with van der Waals surface area (Å²) in [5.74, 6) is 0. The third kappa shape index (κ3) is 14.8. The molecule has 0 bridgehead atoms. The molecule has 3 aliphatic heterocycles. The molecular formula is C111H75Ir3N12. The van der Waals surface area contributed by atoms with Crippen LogP contribution in [0.15, 0.2) is 383 Å². The maximum absolute atomic E-state index is 4.79. The SMILES string of the molecule is CN1C=CN(c2[c-]cccc2)[CH-]1.CN1C=CN(c2[c-]cccc2)[CH-]1.CN1C=CN(c2[c-]cccc2)[CH-]1.[Ir+3].[Ir+3].[Ir+3].[c-]1c2ccccc2n2c1c1ncccc1c1c3c(ccc4ccccc43)ccc12.[c-]1c2ccccc2n2c1c1ncccc1c1c3cc4ccccc4cc3ccc12.[c-]1c2ccccc2n2c1c1ncccc1c1c3ccc4ccccc4c3ccc12. The zero-order valence-corrected chi connectivity index (χ0v) is 75.7. The summed E-state index contributed by atoms with van der Waals surface area (Å²) in [6, 6.07) is 135. The zero-order chi connectivity index (χ0) is 82.0. The van der Waals surface area contributed by atoms with Gasteiger partial charge in [-0.3, -0.25) is 0 Å². The molecule has 27 rings (SSSR count). The van der Waals surface area contributed by atoms with Gasteiger partial charge in [0.1, 0.15) is 0 Å². The fourth-order valence-electron chi connectivity index (χ4n) is 17.8. The Morgan fingerprint density at radius 1 is 0.238 bits per heavy atom. The maximum Gasteiger partial charge on any atom is 3.00 e. The van der Waals surface area contributed by atoms with Crippen molar-refractivity contribution in [3.05, 3.63) is 440 Å². The summed E-state index contributed by atoms with van der Waals surface area (Å²) < 4.78 is 6.95. The van der Waals surface area contributed by atoms with Crippen LogP contribution in [0.3, 0.4) is 0 Å². The molecule has 15 heteroatoms. The molecule has 15 aromatic carbocycles. The van der Waals surface area contributed by atoms with Crippen LogP contribution in [-0.2, 0) is 60.3 Å². The number of hydrogen-bond donors (Lipinski definition) is 0. The van der Waals surface area contributed by atoms with Gasteiger partial charge in [-0.1, -0.05) is 170 Å². The summed E-state index contributed by atoms with van der Waals surface area (Å²) in [7, 11) is 6.00. The molecule has 0 fully saturated rings. The van der Waals surface area contributed by atoms with Crippen LogP contribution in [0.25, 0.3) is 179 Å². The predicted octanol–water partition coefficient (Wildman–Crippen LogP) is 26.2. The summed E-state index contributed by atoms with van der Waals surface area (Å²) in [4.78, 5) is 26.4. The smallest absolute Gasteiger partial charge is 0.510 e. The van der Waals surface area contributed by atoms with Gasteiger partial charge in [-0.25, -0.2) is 0 Å². The molecule has 0 saturated carbocycles. The zero-order valence-electron chi connectivity index (χ0n) is 68.5. The standard InChI is InChI=1S/3C27H15N2.3C10H10N2.3Ir/c1-3-8-20-17(6-1)11-12-18-13-14-23-26(25(18)20)21-9-5-15-28-27(21)24-16-19-7-2-4-10-22(19)29(23)24;1-3-8-19-17(6-1)11-12-21-20(19)13-14-24-26(21)22-9-5-15-28-27(22)25-16-18-7-2-4-10-23(18)29(24)25;1-2-7-18-15-22-19(14-17(18)6-1)11-12-24-26(22)21-9-5-13-28-27(21)25-16-20-8-3-4-10-23(20)29(24)25;3*1-11-7-8-12(9-11)10-5-3-2-4-6-10;;;/h3*1-15H;3*2-5,7-9H,1H3;;;/q3*-1;3*-2;3*+3. The second-order valence-corrected chi connectivity index (χ2v) is 30.9. The fourth-order valence-corrected chi connectivity index (χ4v) is 17.8. The molecule has 606 valence electrons. The Balaban J connectivity index is 0.000000103. The van der Waals surface area contributed by atoms with Crippen molar-refractivity contribution in [1.82, 2.24) is 42.9 Å². The third-order valence-electron chi connectivity index (χ3n) is 23.4. The van der Waals surface area contributed by atoms with E-state index in [2.05, 4.69) is 286 Å². The molecule has 0 N–H and O–H groups in total. The summed E-state index contributed by atoms with van der Waals surface area (Å²) in [6.07, 6.45) is 17.6. The van der Waals surface area contributed by atoms with E-state index in [4.69, 9.17) is 15.0 Å². The van der Waals surface area contributed by atoms with Crippen LogP contribution in [0.5, 0.6) is 0 Å². The Hall–Kier alpha value is -14.1. The number of fused-ring (bicyclic) bond motifs is 35. The van der Waals surface area contributed by atoms with Crippen LogP contribution in [0.4, 0.5) is 17.1 Å². The van der Waals surface area contributed by atoms with Crippen molar-refractivity contribution in [2.45, 2.75) is 0 Å². The molecule has 24 aromatic rings. The fraction of sp³-hybridized carbons (Fsp3) is 0.0270. The number of anilines is 3. The number of pyridine rings is 6. The first-order chi connectivity index (χ1) is 60.8. The Kier molecular flexibility index (Phi) is 22.6. The normalized spacial score (nSPS) is 12.9. The second kappa shape index (κ2) is 34.9. The first kappa shape index (κ1) is 81.6. The van der Waals surface area contributed by atoms with Gasteiger partial charge in [0, 0.05) is 67.8 Å². The topological polar surface area (TPSA) is 71.3 Å². The van der Waals surface area contributed by atoms with Gasteiger partial charge >= 0.3 is 60.3 Å². The maximum atomic E-state index is 4.79. The number of aromatic nitrogens is 6. The van der Waals surface area contributed by atoms with E-state index in [0.717, 1.165) is 66.3 Å². The van der Waals surface area contributed by atoms with Crippen molar-refractivity contribution < 1.29 is 60.3 Å². The predicted molar refractivity (Wildman–Crippen MR) is 512 cm³/mol. The molecule has 0 radical (unpaired) electrons. The molecule has 0 amide bonds. The minimum atomic E-state index is 0. The van der Waals surface area contributed by atoms with E-state index in [-0.39, 0.29) is 60.3 Å². The molecular weight excluding hydrogens is 2080 g/mol. The Labute approximate surface area is 768 Å². The van der Waals surface area contributed by atoms with E-state index in [9.17, 15) is 0 Å². The number of hydrogen-bond acceptors (Lipinski definition) is 9. The Bertz CT molecular complexity index is 8040. The monoisotopic (exact) mass is 2150 g/mol. The molecule has 0 spiro atoms. The molecule has 0 unspecified atom stereocenters. The summed E-state index contributed by atoms with van der Waals surface area (Å²) in [5.41, 5.74) is 16.4. The first-order valence-corrected chi connectivity index (χ1v) is 41.1. The summed E-state index contributed by atoms with van der Waals surface area (Å²) in [5, 5.41) is 25.8. The van der Waals surface area contributed by atoms with E-state index in [1.54, 1.807) is 0 Å². The van der Waals surface area contributed by atoms with Crippen LogP contribution in [-0.4, -0.2) is 64.0 Å². The Morgan fingerprint density at radius 3 is 1.03 bits per heavy atom. The van der Waals surface area contributed by atoms with Gasteiger partial charge in [0.2, 0.25) is 0 Å². The molecule has 9 aromatic heterocycles.